The van der Waals surface area contributed by atoms with Crippen LogP contribution in [-0.4, -0.2) is 36.3 Å². The van der Waals surface area contributed by atoms with Crippen LogP contribution in [0.3, 0.4) is 0 Å². The van der Waals surface area contributed by atoms with Crippen LogP contribution in [0.1, 0.15) is 12.8 Å². The average molecular weight is 242 g/mol. The van der Waals surface area contributed by atoms with Gasteiger partial charge < -0.3 is 0 Å². The summed E-state index contributed by atoms with van der Waals surface area (Å²) < 4.78 is 23.9. The Hall–Kier alpha value is 0.300. The maximum absolute atomic E-state index is 11.9. The summed E-state index contributed by atoms with van der Waals surface area (Å²) in [5, 5.41) is 1.01. The summed E-state index contributed by atoms with van der Waals surface area (Å²) in [5.74, 6) is 0.693. The number of halogens is 3. The topological polar surface area (TPSA) is 3.24 Å². The van der Waals surface area contributed by atoms with Gasteiger partial charge in [-0.3, -0.25) is 4.90 Å². The monoisotopic (exact) mass is 241 g/mol. The fraction of sp³-hybridized carbons (Fsp3) is 1.00. The van der Waals surface area contributed by atoms with Gasteiger partial charge in [0.2, 0.25) is 0 Å². The quantitative estimate of drug-likeness (QED) is 0.686. The first kappa shape index (κ1) is 10.4. The van der Waals surface area contributed by atoms with Gasteiger partial charge in [0.1, 0.15) is 0 Å². The van der Waals surface area contributed by atoms with Crippen LogP contribution >= 0.6 is 15.9 Å². The normalized spacial score (nSPS) is 22.0. The molecular weight excluding hydrogens is 228 g/mol. The van der Waals surface area contributed by atoms with Gasteiger partial charge in [-0.15, -0.1) is 0 Å². The van der Waals surface area contributed by atoms with Crippen molar-refractivity contribution in [3.8, 4) is 0 Å². The highest BCUT2D eigenvalue weighted by molar-refractivity contribution is 9.09. The number of hydrogen-bond donors (Lipinski definition) is 0. The largest absolute Gasteiger partial charge is 0.298 e. The number of piperidine rings is 1. The summed E-state index contributed by atoms with van der Waals surface area (Å²) in [4.78, 5) is 1.85. The van der Waals surface area contributed by atoms with Crippen molar-refractivity contribution in [2.24, 2.45) is 5.92 Å². The van der Waals surface area contributed by atoms with E-state index in [-0.39, 0.29) is 6.54 Å². The lowest BCUT2D eigenvalue weighted by Crippen LogP contribution is -2.37. The van der Waals surface area contributed by atoms with Crippen LogP contribution in [0, 0.1) is 5.92 Å². The number of hydrogen-bond acceptors (Lipinski definition) is 1. The molecule has 0 unspecified atom stereocenters. The van der Waals surface area contributed by atoms with E-state index in [2.05, 4.69) is 15.9 Å². The molecule has 0 aromatic carbocycles. The summed E-state index contributed by atoms with van der Waals surface area (Å²) in [6.07, 6.45) is -0.0684. The van der Waals surface area contributed by atoms with Crippen LogP contribution in [0.4, 0.5) is 8.78 Å². The van der Waals surface area contributed by atoms with E-state index >= 15 is 0 Å². The molecule has 1 saturated heterocycles. The minimum absolute atomic E-state index is 0.0466. The van der Waals surface area contributed by atoms with Crippen molar-refractivity contribution in [3.63, 3.8) is 0 Å². The van der Waals surface area contributed by atoms with Crippen molar-refractivity contribution in [2.45, 2.75) is 19.3 Å². The highest BCUT2D eigenvalue weighted by Crippen LogP contribution is 2.19. The van der Waals surface area contributed by atoms with Gasteiger partial charge in [0.15, 0.2) is 0 Å². The maximum atomic E-state index is 11.9. The molecule has 0 aromatic rings. The van der Waals surface area contributed by atoms with Gasteiger partial charge >= 0.3 is 0 Å². The Morgan fingerprint density at radius 2 is 1.92 bits per heavy atom. The molecule has 1 aliphatic rings. The molecule has 0 saturated carbocycles. The van der Waals surface area contributed by atoms with Crippen molar-refractivity contribution in [2.75, 3.05) is 25.0 Å². The van der Waals surface area contributed by atoms with Crippen molar-refractivity contribution in [3.05, 3.63) is 0 Å². The van der Waals surface area contributed by atoms with E-state index < -0.39 is 6.43 Å². The van der Waals surface area contributed by atoms with Crippen molar-refractivity contribution in [1.29, 1.82) is 0 Å². The van der Waals surface area contributed by atoms with Gasteiger partial charge in [-0.2, -0.15) is 0 Å². The zero-order valence-electron chi connectivity index (χ0n) is 6.98. The second-order valence-corrected chi connectivity index (χ2v) is 3.94. The van der Waals surface area contributed by atoms with E-state index in [4.69, 9.17) is 0 Å². The zero-order valence-corrected chi connectivity index (χ0v) is 8.56. The number of likely N-dealkylation sites (tertiary alicyclic amines) is 1. The smallest absolute Gasteiger partial charge is 0.251 e. The molecule has 1 fully saturated rings. The first-order chi connectivity index (χ1) is 5.72. The molecule has 1 aliphatic heterocycles. The first-order valence-corrected chi connectivity index (χ1v) is 5.41. The highest BCUT2D eigenvalue weighted by atomic mass is 79.9. The van der Waals surface area contributed by atoms with Crippen LogP contribution in [0.25, 0.3) is 0 Å². The van der Waals surface area contributed by atoms with Gasteiger partial charge in [-0.05, 0) is 31.8 Å². The Kier molecular flexibility index (Phi) is 4.43. The summed E-state index contributed by atoms with van der Waals surface area (Å²) >= 11 is 3.42. The Labute approximate surface area is 80.2 Å². The van der Waals surface area contributed by atoms with Gasteiger partial charge in [0, 0.05) is 5.33 Å². The second kappa shape index (κ2) is 5.12. The van der Waals surface area contributed by atoms with Gasteiger partial charge in [-0.25, -0.2) is 8.78 Å². The van der Waals surface area contributed by atoms with E-state index in [0.717, 1.165) is 31.3 Å². The molecule has 0 bridgehead atoms. The number of nitrogens with zero attached hydrogens (tertiary/aromatic N) is 1. The van der Waals surface area contributed by atoms with Crippen LogP contribution < -0.4 is 0 Å². The summed E-state index contributed by atoms with van der Waals surface area (Å²) in [6, 6.07) is 0. The van der Waals surface area contributed by atoms with Gasteiger partial charge in [0.25, 0.3) is 6.43 Å². The highest BCUT2D eigenvalue weighted by Gasteiger charge is 2.20. The lowest BCUT2D eigenvalue weighted by atomic mass is 9.99. The summed E-state index contributed by atoms with van der Waals surface area (Å²) in [5.41, 5.74) is 0. The molecule has 0 aliphatic carbocycles. The number of rotatable bonds is 3. The molecule has 0 aromatic heterocycles. The molecule has 0 N–H and O–H groups in total. The molecule has 1 heterocycles. The van der Waals surface area contributed by atoms with E-state index in [0.29, 0.717) is 5.92 Å². The van der Waals surface area contributed by atoms with Crippen LogP contribution in [0.5, 0.6) is 0 Å². The zero-order chi connectivity index (χ0) is 8.97. The third kappa shape index (κ3) is 3.35. The van der Waals surface area contributed by atoms with E-state index in [1.165, 1.54) is 0 Å². The van der Waals surface area contributed by atoms with Crippen molar-refractivity contribution < 1.29 is 8.78 Å². The van der Waals surface area contributed by atoms with Gasteiger partial charge in [0.05, 0.1) is 6.54 Å². The molecule has 0 amide bonds. The van der Waals surface area contributed by atoms with E-state index in [9.17, 15) is 8.78 Å². The SMILES string of the molecule is FC(F)CN1CCC(CBr)CC1. The van der Waals surface area contributed by atoms with Crippen LogP contribution in [0.15, 0.2) is 0 Å². The second-order valence-electron chi connectivity index (χ2n) is 3.29. The first-order valence-electron chi connectivity index (χ1n) is 4.29. The number of alkyl halides is 3. The molecule has 0 atom stereocenters. The maximum Gasteiger partial charge on any atom is 0.251 e. The predicted molar refractivity (Wildman–Crippen MR) is 49.0 cm³/mol. The van der Waals surface area contributed by atoms with Crippen molar-refractivity contribution >= 4 is 15.9 Å². The Morgan fingerprint density at radius 1 is 1.33 bits per heavy atom. The third-order valence-electron chi connectivity index (χ3n) is 2.32. The van der Waals surface area contributed by atoms with Gasteiger partial charge in [-0.1, -0.05) is 15.9 Å². The van der Waals surface area contributed by atoms with Crippen LogP contribution in [0.2, 0.25) is 0 Å². The Bertz CT molecular complexity index is 124. The average Bonchev–Trinajstić information content (AvgIpc) is 2.05. The predicted octanol–water partition coefficient (Wildman–Crippen LogP) is 2.36. The van der Waals surface area contributed by atoms with Crippen molar-refractivity contribution in [1.82, 2.24) is 4.90 Å². The summed E-state index contributed by atoms with van der Waals surface area (Å²) in [7, 11) is 0. The lowest BCUT2D eigenvalue weighted by Gasteiger charge is -2.30. The molecule has 4 heteroatoms. The van der Waals surface area contributed by atoms with E-state index in [1.54, 1.807) is 0 Å². The Morgan fingerprint density at radius 3 is 2.33 bits per heavy atom. The third-order valence-corrected chi connectivity index (χ3v) is 3.24. The molecule has 0 radical (unpaired) electrons. The minimum atomic E-state index is -2.18. The lowest BCUT2D eigenvalue weighted by molar-refractivity contribution is 0.0714. The molecule has 0 spiro atoms. The van der Waals surface area contributed by atoms with E-state index in [1.807, 2.05) is 4.90 Å². The van der Waals surface area contributed by atoms with Crippen LogP contribution in [-0.2, 0) is 0 Å². The fourth-order valence-corrected chi connectivity index (χ4v) is 2.17. The molecule has 1 rings (SSSR count). The standard InChI is InChI=1S/C8H14BrF2N/c9-5-7-1-3-12(4-2-7)6-8(10)11/h7-8H,1-6H2. The molecule has 72 valence electrons. The molecular formula is C8H14BrF2N. The minimum Gasteiger partial charge on any atom is -0.298 e. The molecule has 1 nitrogen and oxygen atoms in total. The Balaban J connectivity index is 2.17. The molecule has 12 heavy (non-hydrogen) atoms. The summed E-state index contributed by atoms with van der Waals surface area (Å²) in [6.45, 7) is 1.62. The fourth-order valence-electron chi connectivity index (χ4n) is 1.52.